The number of nitrogens with zero attached hydrogens (tertiary/aromatic N) is 3. The molecule has 2 aromatic heterocycles. The fraction of sp³-hybridized carbons (Fsp3) is 0.250. The first kappa shape index (κ1) is 14.2. The third-order valence-corrected chi connectivity index (χ3v) is 3.85. The summed E-state index contributed by atoms with van der Waals surface area (Å²) < 4.78 is 3.02. The number of benzene rings is 1. The lowest BCUT2D eigenvalue weighted by atomic mass is 10.2. The number of fused-ring (bicyclic) bond motifs is 1. The molecule has 0 aliphatic rings. The smallest absolute Gasteiger partial charge is 0.0841 e. The molecule has 0 amide bonds. The van der Waals surface area contributed by atoms with Gasteiger partial charge in [0.25, 0.3) is 0 Å². The number of pyridine rings is 1. The monoisotopic (exact) mass is 344 g/mol. The van der Waals surface area contributed by atoms with Gasteiger partial charge < -0.3 is 5.32 Å². The summed E-state index contributed by atoms with van der Waals surface area (Å²) in [6.07, 6.45) is 1.82. The summed E-state index contributed by atoms with van der Waals surface area (Å²) in [4.78, 5) is 4.43. The summed E-state index contributed by atoms with van der Waals surface area (Å²) in [7, 11) is 0. The lowest BCUT2D eigenvalue weighted by molar-refractivity contribution is 0.650. The molecule has 0 fully saturated rings. The molecule has 0 saturated carbocycles. The average molecular weight is 345 g/mol. The van der Waals surface area contributed by atoms with Crippen LogP contribution in [0.2, 0.25) is 0 Å². The molecule has 3 aromatic rings. The van der Waals surface area contributed by atoms with Crippen molar-refractivity contribution < 1.29 is 0 Å². The van der Waals surface area contributed by atoms with Crippen LogP contribution in [0.4, 0.5) is 0 Å². The summed E-state index contributed by atoms with van der Waals surface area (Å²) in [5.74, 6) is 0. The van der Waals surface area contributed by atoms with Gasteiger partial charge in [0.05, 0.1) is 23.4 Å². The molecule has 0 aliphatic carbocycles. The quantitative estimate of drug-likeness (QED) is 0.771. The van der Waals surface area contributed by atoms with E-state index in [1.54, 1.807) is 0 Å². The molecule has 4 nitrogen and oxygen atoms in total. The Kier molecular flexibility index (Phi) is 4.31. The van der Waals surface area contributed by atoms with Crippen molar-refractivity contribution >= 4 is 26.8 Å². The van der Waals surface area contributed by atoms with Gasteiger partial charge in [0, 0.05) is 22.6 Å². The topological polar surface area (TPSA) is 42.7 Å². The first-order valence-electron chi connectivity index (χ1n) is 7.03. The van der Waals surface area contributed by atoms with Gasteiger partial charge in [-0.25, -0.2) is 0 Å². The van der Waals surface area contributed by atoms with Crippen LogP contribution in [-0.4, -0.2) is 21.3 Å². The van der Waals surface area contributed by atoms with E-state index in [0.717, 1.165) is 34.5 Å². The largest absolute Gasteiger partial charge is 0.311 e. The second-order valence-electron chi connectivity index (χ2n) is 4.87. The van der Waals surface area contributed by atoms with Gasteiger partial charge in [-0.3, -0.25) is 9.67 Å². The molecule has 1 N–H and O–H groups in total. The molecule has 5 heteroatoms. The zero-order valence-corrected chi connectivity index (χ0v) is 13.5. The Balaban J connectivity index is 1.96. The maximum absolute atomic E-state index is 4.75. The highest BCUT2D eigenvalue weighted by Gasteiger charge is 2.10. The first-order valence-corrected chi connectivity index (χ1v) is 7.83. The van der Waals surface area contributed by atoms with Crippen LogP contribution in [0.1, 0.15) is 18.3 Å². The maximum atomic E-state index is 4.75. The number of halogens is 1. The molecule has 0 saturated heterocycles. The van der Waals surface area contributed by atoms with Crippen LogP contribution in [0.5, 0.6) is 0 Å². The highest BCUT2D eigenvalue weighted by atomic mass is 79.9. The van der Waals surface area contributed by atoms with Gasteiger partial charge in [0.1, 0.15) is 0 Å². The highest BCUT2D eigenvalue weighted by Crippen LogP contribution is 2.19. The van der Waals surface area contributed by atoms with Gasteiger partial charge in [-0.05, 0) is 40.7 Å². The van der Waals surface area contributed by atoms with E-state index in [2.05, 4.69) is 51.4 Å². The van der Waals surface area contributed by atoms with Gasteiger partial charge in [-0.1, -0.05) is 25.1 Å². The van der Waals surface area contributed by atoms with Crippen molar-refractivity contribution in [2.24, 2.45) is 0 Å². The van der Waals surface area contributed by atoms with Crippen molar-refractivity contribution in [3.8, 4) is 0 Å². The SMILES string of the molecule is CCNCc1nn(Cc2ccc(Br)cn2)c2ccccc12. The van der Waals surface area contributed by atoms with Crippen LogP contribution in [0.25, 0.3) is 10.9 Å². The zero-order chi connectivity index (χ0) is 14.7. The van der Waals surface area contributed by atoms with E-state index >= 15 is 0 Å². The molecule has 2 heterocycles. The van der Waals surface area contributed by atoms with E-state index in [1.807, 2.05) is 29.1 Å². The van der Waals surface area contributed by atoms with E-state index in [4.69, 9.17) is 5.10 Å². The maximum Gasteiger partial charge on any atom is 0.0841 e. The molecule has 21 heavy (non-hydrogen) atoms. The first-order chi connectivity index (χ1) is 10.3. The predicted molar refractivity (Wildman–Crippen MR) is 88.2 cm³/mol. The second kappa shape index (κ2) is 6.37. The Labute approximate surface area is 132 Å². The van der Waals surface area contributed by atoms with Crippen molar-refractivity contribution in [1.82, 2.24) is 20.1 Å². The summed E-state index contributed by atoms with van der Waals surface area (Å²) >= 11 is 3.41. The lowest BCUT2D eigenvalue weighted by Gasteiger charge is -2.03. The molecule has 108 valence electrons. The Morgan fingerprint density at radius 3 is 2.81 bits per heavy atom. The van der Waals surface area contributed by atoms with Crippen LogP contribution in [0.3, 0.4) is 0 Å². The Hall–Kier alpha value is -1.72. The molecular weight excluding hydrogens is 328 g/mol. The van der Waals surface area contributed by atoms with Gasteiger partial charge in [0.2, 0.25) is 0 Å². The third-order valence-electron chi connectivity index (χ3n) is 3.38. The lowest BCUT2D eigenvalue weighted by Crippen LogP contribution is -2.13. The standard InChI is InChI=1S/C16H17BrN4/c1-2-18-10-15-14-5-3-4-6-16(14)21(20-15)11-13-8-7-12(17)9-19-13/h3-9,18H,2,10-11H2,1H3. The molecular formula is C16H17BrN4. The van der Waals surface area contributed by atoms with Crippen LogP contribution in [0, 0.1) is 0 Å². The number of aromatic nitrogens is 3. The fourth-order valence-corrected chi connectivity index (χ4v) is 2.58. The average Bonchev–Trinajstić information content (AvgIpc) is 2.86. The van der Waals surface area contributed by atoms with E-state index in [-0.39, 0.29) is 0 Å². The fourth-order valence-electron chi connectivity index (χ4n) is 2.34. The van der Waals surface area contributed by atoms with Crippen molar-refractivity contribution in [2.75, 3.05) is 6.54 Å². The van der Waals surface area contributed by atoms with Crippen LogP contribution in [-0.2, 0) is 13.1 Å². The molecule has 3 rings (SSSR count). The van der Waals surface area contributed by atoms with Crippen LogP contribution >= 0.6 is 15.9 Å². The molecule has 0 spiro atoms. The van der Waals surface area contributed by atoms with Crippen LogP contribution in [0.15, 0.2) is 47.1 Å². The van der Waals surface area contributed by atoms with Gasteiger partial charge in [0.15, 0.2) is 0 Å². The number of nitrogens with one attached hydrogen (secondary N) is 1. The molecule has 0 unspecified atom stereocenters. The van der Waals surface area contributed by atoms with Gasteiger partial charge >= 0.3 is 0 Å². The molecule has 0 aliphatic heterocycles. The van der Waals surface area contributed by atoms with Gasteiger partial charge in [-0.15, -0.1) is 0 Å². The predicted octanol–water partition coefficient (Wildman–Crippen LogP) is 3.35. The van der Waals surface area contributed by atoms with E-state index in [9.17, 15) is 0 Å². The van der Waals surface area contributed by atoms with Gasteiger partial charge in [-0.2, -0.15) is 5.10 Å². The number of hydrogen-bond acceptors (Lipinski definition) is 3. The third kappa shape index (κ3) is 3.14. The number of para-hydroxylation sites is 1. The zero-order valence-electron chi connectivity index (χ0n) is 11.9. The van der Waals surface area contributed by atoms with E-state index < -0.39 is 0 Å². The Morgan fingerprint density at radius 2 is 2.05 bits per heavy atom. The Bertz CT molecular complexity index is 734. The minimum Gasteiger partial charge on any atom is -0.311 e. The minimum absolute atomic E-state index is 0.680. The van der Waals surface area contributed by atoms with Crippen molar-refractivity contribution in [3.05, 3.63) is 58.5 Å². The normalized spacial score (nSPS) is 11.1. The summed E-state index contributed by atoms with van der Waals surface area (Å²) in [5.41, 5.74) is 3.24. The molecule has 1 aromatic carbocycles. The van der Waals surface area contributed by atoms with Crippen molar-refractivity contribution in [1.29, 1.82) is 0 Å². The van der Waals surface area contributed by atoms with Crippen molar-refractivity contribution in [2.45, 2.75) is 20.0 Å². The molecule has 0 radical (unpaired) electrons. The van der Waals surface area contributed by atoms with E-state index in [1.165, 1.54) is 5.39 Å². The minimum atomic E-state index is 0.680. The summed E-state index contributed by atoms with van der Waals surface area (Å²) in [5, 5.41) is 9.29. The Morgan fingerprint density at radius 1 is 1.19 bits per heavy atom. The second-order valence-corrected chi connectivity index (χ2v) is 5.79. The highest BCUT2D eigenvalue weighted by molar-refractivity contribution is 9.10. The summed E-state index contributed by atoms with van der Waals surface area (Å²) in [6, 6.07) is 12.4. The number of rotatable bonds is 5. The van der Waals surface area contributed by atoms with Crippen molar-refractivity contribution in [3.63, 3.8) is 0 Å². The summed E-state index contributed by atoms with van der Waals surface area (Å²) in [6.45, 7) is 4.51. The molecule has 0 atom stereocenters. The number of hydrogen-bond donors (Lipinski definition) is 1. The molecule has 0 bridgehead atoms. The van der Waals surface area contributed by atoms with E-state index in [0.29, 0.717) is 6.54 Å². The van der Waals surface area contributed by atoms with Crippen LogP contribution < -0.4 is 5.32 Å².